The standard InChI is InChI=1S/C21H20FN3O/c1-3-26-17-10-18(14-5-7-20(24)16(9-14)11-23)21(25-12-17)15-4-6-19(22)13(2)8-15/h4-12,23H,3,24H2,1-2H3. The average molecular weight is 349 g/mol. The van der Waals surface area contributed by atoms with Crippen molar-refractivity contribution < 1.29 is 9.13 Å². The number of hydrogen-bond acceptors (Lipinski definition) is 4. The largest absolute Gasteiger partial charge is 0.492 e. The minimum absolute atomic E-state index is 0.250. The van der Waals surface area contributed by atoms with Crippen LogP contribution in [0, 0.1) is 18.2 Å². The van der Waals surface area contributed by atoms with Gasteiger partial charge in [-0.3, -0.25) is 4.98 Å². The molecule has 0 bridgehead atoms. The fraction of sp³-hybridized carbons (Fsp3) is 0.143. The third kappa shape index (κ3) is 3.42. The number of aromatic nitrogens is 1. The highest BCUT2D eigenvalue weighted by Gasteiger charge is 2.13. The number of rotatable bonds is 5. The summed E-state index contributed by atoms with van der Waals surface area (Å²) in [7, 11) is 0. The van der Waals surface area contributed by atoms with Gasteiger partial charge in [0.15, 0.2) is 0 Å². The van der Waals surface area contributed by atoms with Gasteiger partial charge in [0.05, 0.1) is 18.5 Å². The van der Waals surface area contributed by atoms with Crippen LogP contribution >= 0.6 is 0 Å². The lowest BCUT2D eigenvalue weighted by molar-refractivity contribution is 0.339. The molecule has 1 heterocycles. The van der Waals surface area contributed by atoms with Gasteiger partial charge in [0, 0.05) is 28.6 Å². The van der Waals surface area contributed by atoms with Crippen molar-refractivity contribution in [2.45, 2.75) is 13.8 Å². The Morgan fingerprint density at radius 2 is 1.92 bits per heavy atom. The van der Waals surface area contributed by atoms with Crippen LogP contribution in [0.25, 0.3) is 22.4 Å². The molecule has 132 valence electrons. The molecule has 26 heavy (non-hydrogen) atoms. The van der Waals surface area contributed by atoms with Crippen molar-refractivity contribution in [3.05, 3.63) is 65.6 Å². The number of nitrogen functional groups attached to an aromatic ring is 1. The highest BCUT2D eigenvalue weighted by molar-refractivity contribution is 5.90. The molecule has 0 fully saturated rings. The van der Waals surface area contributed by atoms with Crippen molar-refractivity contribution in [2.75, 3.05) is 12.3 Å². The molecule has 5 heteroatoms. The summed E-state index contributed by atoms with van der Waals surface area (Å²) in [4.78, 5) is 4.56. The predicted octanol–water partition coefficient (Wildman–Crippen LogP) is 4.84. The number of nitrogens with zero attached hydrogens (tertiary/aromatic N) is 1. The van der Waals surface area contributed by atoms with E-state index in [0.717, 1.165) is 22.4 Å². The van der Waals surface area contributed by atoms with Gasteiger partial charge >= 0.3 is 0 Å². The van der Waals surface area contributed by atoms with E-state index < -0.39 is 0 Å². The molecular formula is C21H20FN3O. The predicted molar refractivity (Wildman–Crippen MR) is 103 cm³/mol. The van der Waals surface area contributed by atoms with Crippen LogP contribution in [0.3, 0.4) is 0 Å². The molecule has 0 aliphatic heterocycles. The maximum Gasteiger partial charge on any atom is 0.138 e. The van der Waals surface area contributed by atoms with Gasteiger partial charge in [-0.15, -0.1) is 0 Å². The van der Waals surface area contributed by atoms with Gasteiger partial charge in [-0.1, -0.05) is 6.07 Å². The molecule has 3 aromatic rings. The average Bonchev–Trinajstić information content (AvgIpc) is 2.65. The Balaban J connectivity index is 2.22. The summed E-state index contributed by atoms with van der Waals surface area (Å²) in [5.41, 5.74) is 10.9. The molecule has 0 saturated heterocycles. The first kappa shape index (κ1) is 17.6. The highest BCUT2D eigenvalue weighted by Crippen LogP contribution is 2.34. The van der Waals surface area contributed by atoms with Crippen molar-refractivity contribution >= 4 is 11.9 Å². The number of halogens is 1. The molecule has 0 amide bonds. The van der Waals surface area contributed by atoms with E-state index in [1.165, 1.54) is 12.3 Å². The summed E-state index contributed by atoms with van der Waals surface area (Å²) >= 11 is 0. The Labute approximate surface area is 152 Å². The van der Waals surface area contributed by atoms with Crippen LogP contribution < -0.4 is 10.5 Å². The Morgan fingerprint density at radius 1 is 1.15 bits per heavy atom. The summed E-state index contributed by atoms with van der Waals surface area (Å²) in [6.45, 7) is 4.17. The van der Waals surface area contributed by atoms with Crippen LogP contribution in [-0.2, 0) is 0 Å². The van der Waals surface area contributed by atoms with Crippen LogP contribution in [0.4, 0.5) is 10.1 Å². The Hall–Kier alpha value is -3.21. The van der Waals surface area contributed by atoms with Crippen molar-refractivity contribution in [2.24, 2.45) is 0 Å². The zero-order valence-electron chi connectivity index (χ0n) is 14.7. The molecule has 0 saturated carbocycles. The van der Waals surface area contributed by atoms with E-state index in [9.17, 15) is 4.39 Å². The Kier molecular flexibility index (Phi) is 4.98. The lowest BCUT2D eigenvalue weighted by atomic mass is 9.96. The van der Waals surface area contributed by atoms with Gasteiger partial charge in [0.25, 0.3) is 0 Å². The fourth-order valence-corrected chi connectivity index (χ4v) is 2.80. The number of hydrogen-bond donors (Lipinski definition) is 2. The highest BCUT2D eigenvalue weighted by atomic mass is 19.1. The quantitative estimate of drug-likeness (QED) is 0.511. The minimum atomic E-state index is -0.250. The summed E-state index contributed by atoms with van der Waals surface area (Å²) in [6.07, 6.45) is 2.89. The van der Waals surface area contributed by atoms with E-state index in [0.29, 0.717) is 29.2 Å². The third-order valence-corrected chi connectivity index (χ3v) is 4.16. The molecule has 0 radical (unpaired) electrons. The first-order chi connectivity index (χ1) is 12.5. The lowest BCUT2D eigenvalue weighted by Gasteiger charge is -2.13. The molecule has 0 aliphatic rings. The van der Waals surface area contributed by atoms with E-state index in [1.807, 2.05) is 25.1 Å². The number of pyridine rings is 1. The van der Waals surface area contributed by atoms with Crippen LogP contribution in [0.15, 0.2) is 48.7 Å². The van der Waals surface area contributed by atoms with E-state index in [2.05, 4.69) is 4.98 Å². The number of aryl methyl sites for hydroxylation is 1. The van der Waals surface area contributed by atoms with Crippen LogP contribution in [0.2, 0.25) is 0 Å². The van der Waals surface area contributed by atoms with E-state index in [1.54, 1.807) is 31.3 Å². The minimum Gasteiger partial charge on any atom is -0.492 e. The number of nitrogens with one attached hydrogen (secondary N) is 1. The zero-order chi connectivity index (χ0) is 18.7. The summed E-state index contributed by atoms with van der Waals surface area (Å²) in [6, 6.07) is 12.3. The molecule has 0 unspecified atom stereocenters. The summed E-state index contributed by atoms with van der Waals surface area (Å²) in [5.74, 6) is 0.401. The Morgan fingerprint density at radius 3 is 2.62 bits per heavy atom. The van der Waals surface area contributed by atoms with Crippen molar-refractivity contribution in [3.8, 4) is 28.1 Å². The molecule has 3 rings (SSSR count). The van der Waals surface area contributed by atoms with Crippen LogP contribution in [0.1, 0.15) is 18.1 Å². The molecule has 1 aromatic heterocycles. The number of benzene rings is 2. The monoisotopic (exact) mass is 349 g/mol. The molecule has 4 nitrogen and oxygen atoms in total. The smallest absolute Gasteiger partial charge is 0.138 e. The first-order valence-corrected chi connectivity index (χ1v) is 8.33. The topological polar surface area (TPSA) is 72.0 Å². The second-order valence-electron chi connectivity index (χ2n) is 5.95. The number of ether oxygens (including phenoxy) is 1. The van der Waals surface area contributed by atoms with Crippen molar-refractivity contribution in [1.29, 1.82) is 5.41 Å². The second-order valence-corrected chi connectivity index (χ2v) is 5.95. The summed E-state index contributed by atoms with van der Waals surface area (Å²) in [5, 5.41) is 7.53. The molecule has 0 atom stereocenters. The SMILES string of the molecule is CCOc1cnc(-c2ccc(F)c(C)c2)c(-c2ccc(N)c(C=N)c2)c1. The normalized spacial score (nSPS) is 10.6. The second kappa shape index (κ2) is 7.35. The summed E-state index contributed by atoms with van der Waals surface area (Å²) < 4.78 is 19.3. The van der Waals surface area contributed by atoms with E-state index in [4.69, 9.17) is 15.9 Å². The van der Waals surface area contributed by atoms with Gasteiger partial charge in [-0.25, -0.2) is 4.39 Å². The van der Waals surface area contributed by atoms with Gasteiger partial charge in [-0.2, -0.15) is 0 Å². The Bertz CT molecular complexity index is 969. The molecule has 2 aromatic carbocycles. The molecule has 0 aliphatic carbocycles. The van der Waals surface area contributed by atoms with Gasteiger partial charge in [0.2, 0.25) is 0 Å². The number of nitrogens with two attached hydrogens (primary N) is 1. The van der Waals surface area contributed by atoms with Crippen LogP contribution in [-0.4, -0.2) is 17.8 Å². The molecule has 0 spiro atoms. The van der Waals surface area contributed by atoms with Crippen molar-refractivity contribution in [3.63, 3.8) is 0 Å². The lowest BCUT2D eigenvalue weighted by Crippen LogP contribution is -1.98. The molecular weight excluding hydrogens is 329 g/mol. The van der Waals surface area contributed by atoms with E-state index in [-0.39, 0.29) is 5.82 Å². The number of anilines is 1. The zero-order valence-corrected chi connectivity index (χ0v) is 14.7. The van der Waals surface area contributed by atoms with Crippen LogP contribution in [0.5, 0.6) is 5.75 Å². The molecule has 3 N–H and O–H groups in total. The van der Waals surface area contributed by atoms with Gasteiger partial charge in [0.1, 0.15) is 11.6 Å². The fourth-order valence-electron chi connectivity index (χ4n) is 2.80. The van der Waals surface area contributed by atoms with E-state index >= 15 is 0 Å². The van der Waals surface area contributed by atoms with Crippen molar-refractivity contribution in [1.82, 2.24) is 4.98 Å². The maximum absolute atomic E-state index is 13.7. The first-order valence-electron chi connectivity index (χ1n) is 8.33. The maximum atomic E-state index is 13.7. The van der Waals surface area contributed by atoms with Gasteiger partial charge < -0.3 is 15.9 Å². The van der Waals surface area contributed by atoms with Gasteiger partial charge in [-0.05, 0) is 61.4 Å². The third-order valence-electron chi connectivity index (χ3n) is 4.16.